The maximum Gasteiger partial charge on any atom is 0.138 e. The first-order chi connectivity index (χ1) is 13.0. The van der Waals surface area contributed by atoms with Crippen molar-refractivity contribution in [3.8, 4) is 0 Å². The molecule has 1 aromatic carbocycles. The van der Waals surface area contributed by atoms with E-state index in [1.807, 2.05) is 44.2 Å². The Hall–Kier alpha value is -1.70. The molecule has 0 saturated carbocycles. The van der Waals surface area contributed by atoms with Gasteiger partial charge in [0.1, 0.15) is 5.76 Å². The van der Waals surface area contributed by atoms with E-state index in [0.29, 0.717) is 18.1 Å². The molecule has 146 valence electrons. The summed E-state index contributed by atoms with van der Waals surface area (Å²) in [7, 11) is -2.20. The average Bonchev–Trinajstić information content (AvgIpc) is 2.98. The third-order valence-corrected chi connectivity index (χ3v) is 7.90. The summed E-state index contributed by atoms with van der Waals surface area (Å²) in [6, 6.07) is 9.65. The minimum atomic E-state index is -2.20. The molecule has 1 spiro atoms. The molecule has 2 aliphatic heterocycles. The monoisotopic (exact) mass is 389 g/mol. The fraction of sp³-hybridized carbons (Fsp3) is 0.550. The summed E-state index contributed by atoms with van der Waals surface area (Å²) >= 11 is 0. The van der Waals surface area contributed by atoms with Crippen LogP contribution in [-0.2, 0) is 21.0 Å². The van der Waals surface area contributed by atoms with Crippen LogP contribution < -0.4 is 0 Å². The van der Waals surface area contributed by atoms with Crippen LogP contribution in [0.1, 0.15) is 29.9 Å². The molecule has 1 aromatic heterocycles. The molecular weight excluding hydrogens is 362 g/mol. The second-order valence-electron chi connectivity index (χ2n) is 7.65. The number of hydrogen-bond acceptors (Lipinski definition) is 6. The van der Waals surface area contributed by atoms with Crippen molar-refractivity contribution in [2.45, 2.75) is 38.8 Å². The minimum absolute atomic E-state index is 0.204. The second kappa shape index (κ2) is 7.37. The number of hydrogen-bond donors (Lipinski definition) is 0. The van der Waals surface area contributed by atoms with Crippen LogP contribution in [0.3, 0.4) is 0 Å². The zero-order valence-corrected chi connectivity index (χ0v) is 16.8. The van der Waals surface area contributed by atoms with Crippen LogP contribution in [0.4, 0.5) is 5.69 Å². The number of nitrogens with zero attached hydrogens (tertiary/aromatic N) is 3. The topological polar surface area (TPSA) is 67.9 Å². The first-order valence-electron chi connectivity index (χ1n) is 9.53. The molecule has 2 aromatic rings. The predicted molar refractivity (Wildman–Crippen MR) is 106 cm³/mol. The molecule has 0 unspecified atom stereocenters. The Morgan fingerprint density at radius 3 is 2.63 bits per heavy atom. The van der Waals surface area contributed by atoms with E-state index in [2.05, 4.69) is 14.4 Å². The molecule has 2 saturated heterocycles. The summed E-state index contributed by atoms with van der Waals surface area (Å²) in [5, 5.41) is 4.06. The molecule has 0 aliphatic carbocycles. The van der Waals surface area contributed by atoms with Crippen molar-refractivity contribution in [2.24, 2.45) is 4.36 Å². The van der Waals surface area contributed by atoms with Gasteiger partial charge in [-0.3, -0.25) is 4.90 Å². The SMILES string of the molecule is Cc1noc(C)c1CN1CCOC2(CCS(=O)(=Nc3ccccc3)CC2)C1. The van der Waals surface area contributed by atoms with Gasteiger partial charge in [0.2, 0.25) is 0 Å². The summed E-state index contributed by atoms with van der Waals surface area (Å²) in [6.45, 7) is 7.25. The van der Waals surface area contributed by atoms with Crippen LogP contribution >= 0.6 is 0 Å². The molecular formula is C20H27N3O3S. The van der Waals surface area contributed by atoms with Crippen molar-refractivity contribution >= 4 is 15.4 Å². The lowest BCUT2D eigenvalue weighted by molar-refractivity contribution is -0.115. The molecule has 0 atom stereocenters. The molecule has 2 aliphatic rings. The highest BCUT2D eigenvalue weighted by molar-refractivity contribution is 7.93. The summed E-state index contributed by atoms with van der Waals surface area (Å²) in [5.74, 6) is 2.09. The zero-order chi connectivity index (χ0) is 18.9. The van der Waals surface area contributed by atoms with Crippen LogP contribution in [0, 0.1) is 13.8 Å². The van der Waals surface area contributed by atoms with Crippen LogP contribution in [0.15, 0.2) is 39.2 Å². The van der Waals surface area contributed by atoms with Crippen molar-refractivity contribution in [1.29, 1.82) is 0 Å². The lowest BCUT2D eigenvalue weighted by Gasteiger charge is -2.45. The van der Waals surface area contributed by atoms with E-state index < -0.39 is 9.73 Å². The molecule has 4 rings (SSSR count). The molecule has 0 radical (unpaired) electrons. The van der Waals surface area contributed by atoms with Gasteiger partial charge in [0.05, 0.1) is 33.3 Å². The van der Waals surface area contributed by atoms with Gasteiger partial charge in [-0.1, -0.05) is 23.4 Å². The highest BCUT2D eigenvalue weighted by Crippen LogP contribution is 2.33. The van der Waals surface area contributed by atoms with Crippen molar-refractivity contribution in [3.05, 3.63) is 47.3 Å². The number of benzene rings is 1. The predicted octanol–water partition coefficient (Wildman–Crippen LogP) is 3.46. The quantitative estimate of drug-likeness (QED) is 0.804. The van der Waals surface area contributed by atoms with Gasteiger partial charge in [-0.15, -0.1) is 0 Å². The van der Waals surface area contributed by atoms with Gasteiger partial charge in [-0.25, -0.2) is 4.21 Å². The van der Waals surface area contributed by atoms with E-state index in [1.165, 1.54) is 5.56 Å². The fourth-order valence-electron chi connectivity index (χ4n) is 4.00. The maximum absolute atomic E-state index is 13.2. The van der Waals surface area contributed by atoms with Crippen molar-refractivity contribution in [3.63, 3.8) is 0 Å². The van der Waals surface area contributed by atoms with E-state index in [4.69, 9.17) is 9.26 Å². The summed E-state index contributed by atoms with van der Waals surface area (Å²) in [5.41, 5.74) is 2.74. The Bertz CT molecular complexity index is 882. The molecule has 0 bridgehead atoms. The molecule has 6 nitrogen and oxygen atoms in total. The smallest absolute Gasteiger partial charge is 0.138 e. The van der Waals surface area contributed by atoms with Crippen molar-refractivity contribution in [2.75, 3.05) is 31.2 Å². The molecule has 27 heavy (non-hydrogen) atoms. The average molecular weight is 390 g/mol. The second-order valence-corrected chi connectivity index (χ2v) is 10.2. The number of rotatable bonds is 3. The highest BCUT2D eigenvalue weighted by atomic mass is 32.2. The first-order valence-corrected chi connectivity index (χ1v) is 11.4. The van der Waals surface area contributed by atoms with Gasteiger partial charge in [0, 0.05) is 36.7 Å². The van der Waals surface area contributed by atoms with E-state index >= 15 is 0 Å². The molecule has 0 amide bonds. The number of aryl methyl sites for hydroxylation is 2. The Kier molecular flexibility index (Phi) is 5.09. The molecule has 7 heteroatoms. The van der Waals surface area contributed by atoms with E-state index in [-0.39, 0.29) is 5.60 Å². The zero-order valence-electron chi connectivity index (χ0n) is 16.0. The number of morpholine rings is 1. The lowest BCUT2D eigenvalue weighted by Crippen LogP contribution is -2.54. The summed E-state index contributed by atoms with van der Waals surface area (Å²) < 4.78 is 29.3. The highest BCUT2D eigenvalue weighted by Gasteiger charge is 2.41. The summed E-state index contributed by atoms with van der Waals surface area (Å²) in [6.07, 6.45) is 1.58. The largest absolute Gasteiger partial charge is 0.372 e. The fourth-order valence-corrected chi connectivity index (χ4v) is 6.28. The van der Waals surface area contributed by atoms with Crippen LogP contribution in [0.25, 0.3) is 0 Å². The molecule has 3 heterocycles. The van der Waals surface area contributed by atoms with Crippen LogP contribution in [0.5, 0.6) is 0 Å². The normalized spacial score (nSPS) is 29.1. The van der Waals surface area contributed by atoms with Gasteiger partial charge in [0.25, 0.3) is 0 Å². The Morgan fingerprint density at radius 1 is 1.22 bits per heavy atom. The van der Waals surface area contributed by atoms with Crippen LogP contribution in [0.2, 0.25) is 0 Å². The standard InChI is InChI=1S/C20H27N3O3S/c1-16-19(17(2)26-21-16)14-23-10-11-25-20(15-23)8-12-27(24,13-9-20)22-18-6-4-3-5-7-18/h3-7H,8-15H2,1-2H3. The minimum Gasteiger partial charge on any atom is -0.372 e. The lowest BCUT2D eigenvalue weighted by atomic mass is 9.94. The Labute approximate surface area is 161 Å². The van der Waals surface area contributed by atoms with Crippen molar-refractivity contribution in [1.82, 2.24) is 10.1 Å². The Morgan fingerprint density at radius 2 is 1.96 bits per heavy atom. The first kappa shape index (κ1) is 18.7. The maximum atomic E-state index is 13.2. The number of ether oxygens (including phenoxy) is 1. The van der Waals surface area contributed by atoms with Gasteiger partial charge in [-0.05, 0) is 38.8 Å². The third kappa shape index (κ3) is 4.10. The van der Waals surface area contributed by atoms with Gasteiger partial charge in [-0.2, -0.15) is 4.36 Å². The number of aromatic nitrogens is 1. The van der Waals surface area contributed by atoms with E-state index in [1.54, 1.807) is 0 Å². The van der Waals surface area contributed by atoms with E-state index in [9.17, 15) is 4.21 Å². The van der Waals surface area contributed by atoms with Gasteiger partial charge >= 0.3 is 0 Å². The van der Waals surface area contributed by atoms with Gasteiger partial charge in [0.15, 0.2) is 0 Å². The Balaban J connectivity index is 1.44. The van der Waals surface area contributed by atoms with Gasteiger partial charge < -0.3 is 9.26 Å². The summed E-state index contributed by atoms with van der Waals surface area (Å²) in [4.78, 5) is 2.41. The van der Waals surface area contributed by atoms with Crippen LogP contribution in [-0.4, -0.2) is 51.1 Å². The molecule has 0 N–H and O–H groups in total. The molecule has 2 fully saturated rings. The third-order valence-electron chi connectivity index (χ3n) is 5.67. The van der Waals surface area contributed by atoms with Crippen molar-refractivity contribution < 1.29 is 13.5 Å². The van der Waals surface area contributed by atoms with E-state index in [0.717, 1.165) is 49.6 Å².